The zero-order valence-electron chi connectivity index (χ0n) is 17.6. The molecule has 2 fully saturated rings. The van der Waals surface area contributed by atoms with Crippen molar-refractivity contribution < 1.29 is 14.0 Å². The molecule has 1 aromatic heterocycles. The third-order valence-corrected chi connectivity index (χ3v) is 6.35. The van der Waals surface area contributed by atoms with Gasteiger partial charge in [-0.15, -0.1) is 0 Å². The Labute approximate surface area is 186 Å². The van der Waals surface area contributed by atoms with Gasteiger partial charge in [-0.1, -0.05) is 18.5 Å². The molecule has 6 nitrogen and oxygen atoms in total. The maximum atomic E-state index is 14.0. The molecule has 31 heavy (non-hydrogen) atoms. The van der Waals surface area contributed by atoms with Crippen LogP contribution in [0.2, 0.25) is 5.02 Å². The fourth-order valence-corrected chi connectivity index (χ4v) is 4.24. The first-order valence-electron chi connectivity index (χ1n) is 10.7. The SMILES string of the molecule is CC1CCN(c2ccc(C(=O)N3CCN(C(=O)c4cc(Cl)ccc4F)CC3)cn2)CC1. The number of aromatic nitrogens is 1. The summed E-state index contributed by atoms with van der Waals surface area (Å²) in [6.45, 7) is 5.71. The van der Waals surface area contributed by atoms with Gasteiger partial charge in [-0.3, -0.25) is 9.59 Å². The van der Waals surface area contributed by atoms with Crippen LogP contribution in [-0.2, 0) is 0 Å². The lowest BCUT2D eigenvalue weighted by molar-refractivity contribution is 0.0532. The van der Waals surface area contributed by atoms with Crippen LogP contribution in [0.5, 0.6) is 0 Å². The number of amides is 2. The maximum Gasteiger partial charge on any atom is 0.257 e. The molecule has 0 N–H and O–H groups in total. The van der Waals surface area contributed by atoms with Gasteiger partial charge in [-0.2, -0.15) is 0 Å². The number of anilines is 1. The second-order valence-corrected chi connectivity index (χ2v) is 8.72. The van der Waals surface area contributed by atoms with Crippen LogP contribution in [0.4, 0.5) is 10.2 Å². The minimum Gasteiger partial charge on any atom is -0.357 e. The normalized spacial score (nSPS) is 17.7. The zero-order valence-corrected chi connectivity index (χ0v) is 18.3. The molecule has 2 aliphatic rings. The molecule has 4 rings (SSSR count). The largest absolute Gasteiger partial charge is 0.357 e. The third kappa shape index (κ3) is 4.82. The Hall–Kier alpha value is -2.67. The van der Waals surface area contributed by atoms with E-state index in [4.69, 9.17) is 11.6 Å². The molecule has 0 atom stereocenters. The van der Waals surface area contributed by atoms with Gasteiger partial charge in [0.2, 0.25) is 0 Å². The van der Waals surface area contributed by atoms with Crippen LogP contribution in [0, 0.1) is 11.7 Å². The van der Waals surface area contributed by atoms with Crippen molar-refractivity contribution in [3.63, 3.8) is 0 Å². The second-order valence-electron chi connectivity index (χ2n) is 8.28. The summed E-state index contributed by atoms with van der Waals surface area (Å²) >= 11 is 5.90. The molecule has 1 aromatic carbocycles. The van der Waals surface area contributed by atoms with Crippen molar-refractivity contribution in [1.29, 1.82) is 0 Å². The summed E-state index contributed by atoms with van der Waals surface area (Å²) in [5, 5.41) is 0.313. The second kappa shape index (κ2) is 9.22. The third-order valence-electron chi connectivity index (χ3n) is 6.12. The van der Waals surface area contributed by atoms with E-state index in [-0.39, 0.29) is 11.5 Å². The molecule has 0 spiro atoms. The Morgan fingerprint density at radius 2 is 1.61 bits per heavy atom. The molecule has 2 aliphatic heterocycles. The summed E-state index contributed by atoms with van der Waals surface area (Å²) in [6.07, 6.45) is 3.95. The highest BCUT2D eigenvalue weighted by Crippen LogP contribution is 2.22. The predicted molar refractivity (Wildman–Crippen MR) is 118 cm³/mol. The summed E-state index contributed by atoms with van der Waals surface area (Å²) in [7, 11) is 0. The Morgan fingerprint density at radius 1 is 0.968 bits per heavy atom. The number of piperidine rings is 1. The van der Waals surface area contributed by atoms with Gasteiger partial charge in [0.05, 0.1) is 11.1 Å². The molecule has 0 aliphatic carbocycles. The van der Waals surface area contributed by atoms with Crippen LogP contribution in [0.25, 0.3) is 0 Å². The Balaban J connectivity index is 1.35. The van der Waals surface area contributed by atoms with Crippen LogP contribution in [0.1, 0.15) is 40.5 Å². The van der Waals surface area contributed by atoms with Crippen LogP contribution in [-0.4, -0.2) is 65.9 Å². The lowest BCUT2D eigenvalue weighted by Gasteiger charge is -2.35. The van der Waals surface area contributed by atoms with Gasteiger partial charge < -0.3 is 14.7 Å². The van der Waals surface area contributed by atoms with Crippen LogP contribution in [0.3, 0.4) is 0 Å². The average molecular weight is 445 g/mol. The molecule has 0 radical (unpaired) electrons. The van der Waals surface area contributed by atoms with E-state index in [9.17, 15) is 14.0 Å². The first-order chi connectivity index (χ1) is 14.9. The van der Waals surface area contributed by atoms with Crippen molar-refractivity contribution in [2.75, 3.05) is 44.2 Å². The van der Waals surface area contributed by atoms with Crippen molar-refractivity contribution in [3.8, 4) is 0 Å². The van der Waals surface area contributed by atoms with Gasteiger partial charge in [-0.05, 0) is 49.1 Å². The molecule has 0 saturated carbocycles. The van der Waals surface area contributed by atoms with E-state index in [0.29, 0.717) is 36.8 Å². The van der Waals surface area contributed by atoms with E-state index in [1.807, 2.05) is 12.1 Å². The summed E-state index contributed by atoms with van der Waals surface area (Å²) in [4.78, 5) is 35.5. The van der Waals surface area contributed by atoms with E-state index in [0.717, 1.165) is 37.7 Å². The zero-order chi connectivity index (χ0) is 22.0. The summed E-state index contributed by atoms with van der Waals surface area (Å²) in [5.74, 6) is 0.545. The minimum atomic E-state index is -0.595. The number of hydrogen-bond acceptors (Lipinski definition) is 4. The van der Waals surface area contributed by atoms with E-state index in [1.165, 1.54) is 18.2 Å². The van der Waals surface area contributed by atoms with Gasteiger partial charge in [0, 0.05) is 50.5 Å². The Bertz CT molecular complexity index is 953. The molecule has 0 unspecified atom stereocenters. The molecule has 2 saturated heterocycles. The predicted octanol–water partition coefficient (Wildman–Crippen LogP) is 3.71. The van der Waals surface area contributed by atoms with Crippen molar-refractivity contribution in [2.24, 2.45) is 5.92 Å². The highest BCUT2D eigenvalue weighted by atomic mass is 35.5. The van der Waals surface area contributed by atoms with E-state index < -0.39 is 11.7 Å². The average Bonchev–Trinajstić information content (AvgIpc) is 2.80. The monoisotopic (exact) mass is 444 g/mol. The van der Waals surface area contributed by atoms with Crippen LogP contribution in [0.15, 0.2) is 36.5 Å². The van der Waals surface area contributed by atoms with Crippen molar-refractivity contribution in [1.82, 2.24) is 14.8 Å². The standard InChI is InChI=1S/C23H26ClFN4O2/c1-16-6-8-27(9-7-16)21-5-2-17(15-26-21)22(30)28-10-12-29(13-11-28)23(31)19-14-18(24)3-4-20(19)25/h2-5,14-16H,6-13H2,1H3. The van der Waals surface area contributed by atoms with Gasteiger partial charge in [0.15, 0.2) is 0 Å². The Morgan fingerprint density at radius 3 is 2.23 bits per heavy atom. The van der Waals surface area contributed by atoms with Gasteiger partial charge in [-0.25, -0.2) is 9.37 Å². The molecular formula is C23H26ClFN4O2. The van der Waals surface area contributed by atoms with E-state index in [2.05, 4.69) is 16.8 Å². The van der Waals surface area contributed by atoms with Gasteiger partial charge >= 0.3 is 0 Å². The van der Waals surface area contributed by atoms with E-state index >= 15 is 0 Å². The number of halogens is 2. The van der Waals surface area contributed by atoms with Gasteiger partial charge in [0.1, 0.15) is 11.6 Å². The lowest BCUT2D eigenvalue weighted by atomic mass is 9.99. The highest BCUT2D eigenvalue weighted by molar-refractivity contribution is 6.31. The molecule has 8 heteroatoms. The first-order valence-corrected chi connectivity index (χ1v) is 11.0. The van der Waals surface area contributed by atoms with Crippen LogP contribution < -0.4 is 4.90 Å². The topological polar surface area (TPSA) is 56.8 Å². The molecule has 3 heterocycles. The van der Waals surface area contributed by atoms with Crippen LogP contribution >= 0.6 is 11.6 Å². The number of benzene rings is 1. The molecule has 2 amide bonds. The van der Waals surface area contributed by atoms with Crippen molar-refractivity contribution in [3.05, 3.63) is 58.5 Å². The number of rotatable bonds is 3. The quantitative estimate of drug-likeness (QED) is 0.724. The number of piperazine rings is 1. The fraction of sp³-hybridized carbons (Fsp3) is 0.435. The lowest BCUT2D eigenvalue weighted by Crippen LogP contribution is -2.50. The molecule has 0 bridgehead atoms. The number of pyridine rings is 1. The van der Waals surface area contributed by atoms with Gasteiger partial charge in [0.25, 0.3) is 11.8 Å². The fourth-order valence-electron chi connectivity index (χ4n) is 4.06. The minimum absolute atomic E-state index is 0.0424. The first kappa shape index (κ1) is 21.6. The number of carbonyl (C=O) groups is 2. The summed E-state index contributed by atoms with van der Waals surface area (Å²) in [5.41, 5.74) is 0.494. The number of carbonyl (C=O) groups excluding carboxylic acids is 2. The summed E-state index contributed by atoms with van der Waals surface area (Å²) in [6, 6.07) is 7.67. The Kier molecular flexibility index (Phi) is 6.41. The maximum absolute atomic E-state index is 14.0. The van der Waals surface area contributed by atoms with E-state index in [1.54, 1.807) is 16.0 Å². The molecule has 2 aromatic rings. The number of nitrogens with zero attached hydrogens (tertiary/aromatic N) is 4. The van der Waals surface area contributed by atoms with Crippen molar-refractivity contribution in [2.45, 2.75) is 19.8 Å². The molecule has 164 valence electrons. The smallest absolute Gasteiger partial charge is 0.257 e. The highest BCUT2D eigenvalue weighted by Gasteiger charge is 2.27. The number of hydrogen-bond donors (Lipinski definition) is 0. The summed E-state index contributed by atoms with van der Waals surface area (Å²) < 4.78 is 14.0. The van der Waals surface area contributed by atoms with Crippen molar-refractivity contribution >= 4 is 29.2 Å². The molecular weight excluding hydrogens is 419 g/mol.